The van der Waals surface area contributed by atoms with Gasteiger partial charge in [0.25, 0.3) is 0 Å². The van der Waals surface area contributed by atoms with E-state index in [0.29, 0.717) is 17.3 Å². The molecule has 3 rings (SSSR count). The minimum atomic E-state index is 0.595. The summed E-state index contributed by atoms with van der Waals surface area (Å²) in [5.41, 5.74) is 2.37. The van der Waals surface area contributed by atoms with Crippen LogP contribution in [0.4, 0.5) is 5.82 Å². The Morgan fingerprint density at radius 1 is 1.05 bits per heavy atom. The fourth-order valence-electron chi connectivity index (χ4n) is 2.13. The summed E-state index contributed by atoms with van der Waals surface area (Å²) in [6.07, 6.45) is 1.50. The number of ether oxygens (including phenoxy) is 1. The molecule has 0 aliphatic heterocycles. The van der Waals surface area contributed by atoms with Gasteiger partial charge in [-0.3, -0.25) is 0 Å². The van der Waals surface area contributed by atoms with Crippen molar-refractivity contribution in [1.29, 1.82) is 0 Å². The van der Waals surface area contributed by atoms with E-state index in [1.807, 2.05) is 36.4 Å². The molecule has 1 aromatic carbocycles. The highest BCUT2D eigenvalue weighted by molar-refractivity contribution is 5.82. The summed E-state index contributed by atoms with van der Waals surface area (Å²) in [6.45, 7) is 0. The Labute approximate surface area is 116 Å². The van der Waals surface area contributed by atoms with E-state index in [1.54, 1.807) is 14.2 Å². The molecule has 5 nitrogen and oxygen atoms in total. The largest absolute Gasteiger partial charge is 0.491 e. The Hall–Kier alpha value is -2.69. The Morgan fingerprint density at radius 3 is 2.70 bits per heavy atom. The molecule has 0 unspecified atom stereocenters. The second kappa shape index (κ2) is 5.13. The van der Waals surface area contributed by atoms with Crippen LogP contribution in [-0.4, -0.2) is 29.1 Å². The van der Waals surface area contributed by atoms with Gasteiger partial charge in [-0.15, -0.1) is 0 Å². The SMILES string of the molecule is CNc1ncnc(-c2ccc3ccccc3n2)c1OC. The summed E-state index contributed by atoms with van der Waals surface area (Å²) in [5.74, 6) is 1.24. The van der Waals surface area contributed by atoms with Gasteiger partial charge in [-0.2, -0.15) is 0 Å². The lowest BCUT2D eigenvalue weighted by Gasteiger charge is -2.11. The van der Waals surface area contributed by atoms with E-state index in [0.717, 1.165) is 16.6 Å². The van der Waals surface area contributed by atoms with Gasteiger partial charge in [0.15, 0.2) is 11.6 Å². The topological polar surface area (TPSA) is 59.9 Å². The van der Waals surface area contributed by atoms with Crippen LogP contribution in [0.3, 0.4) is 0 Å². The Bertz CT molecular complexity index is 758. The van der Waals surface area contributed by atoms with E-state index < -0.39 is 0 Å². The lowest BCUT2D eigenvalue weighted by molar-refractivity contribution is 0.414. The van der Waals surface area contributed by atoms with Crippen LogP contribution in [0.5, 0.6) is 5.75 Å². The maximum atomic E-state index is 5.41. The molecular weight excluding hydrogens is 252 g/mol. The van der Waals surface area contributed by atoms with Crippen LogP contribution >= 0.6 is 0 Å². The molecule has 0 spiro atoms. The monoisotopic (exact) mass is 266 g/mol. The maximum Gasteiger partial charge on any atom is 0.189 e. The van der Waals surface area contributed by atoms with E-state index in [-0.39, 0.29) is 0 Å². The standard InChI is InChI=1S/C15H14N4O/c1-16-15-14(20-2)13(17-9-18-15)12-8-7-10-5-3-4-6-11(10)19-12/h3-9H,1-2H3,(H,16,17,18). The average Bonchev–Trinajstić information content (AvgIpc) is 2.53. The zero-order valence-electron chi connectivity index (χ0n) is 11.3. The normalized spacial score (nSPS) is 10.5. The quantitative estimate of drug-likeness (QED) is 0.789. The summed E-state index contributed by atoms with van der Waals surface area (Å²) in [6, 6.07) is 11.9. The van der Waals surface area contributed by atoms with E-state index >= 15 is 0 Å². The molecule has 0 atom stereocenters. The van der Waals surface area contributed by atoms with Crippen molar-refractivity contribution in [2.45, 2.75) is 0 Å². The minimum Gasteiger partial charge on any atom is -0.491 e. The van der Waals surface area contributed by atoms with E-state index in [1.165, 1.54) is 6.33 Å². The highest BCUT2D eigenvalue weighted by Gasteiger charge is 2.14. The molecule has 3 aromatic rings. The van der Waals surface area contributed by atoms with Gasteiger partial charge < -0.3 is 10.1 Å². The molecule has 0 amide bonds. The van der Waals surface area contributed by atoms with Crippen LogP contribution in [-0.2, 0) is 0 Å². The molecule has 0 aliphatic rings. The first kappa shape index (κ1) is 12.3. The molecule has 2 aromatic heterocycles. The molecule has 0 fully saturated rings. The first-order valence-corrected chi connectivity index (χ1v) is 6.26. The van der Waals surface area contributed by atoms with Crippen molar-refractivity contribution in [3.05, 3.63) is 42.7 Å². The fourth-order valence-corrected chi connectivity index (χ4v) is 2.13. The number of methoxy groups -OCH3 is 1. The lowest BCUT2D eigenvalue weighted by Crippen LogP contribution is -2.01. The number of hydrogen-bond acceptors (Lipinski definition) is 5. The molecule has 0 saturated heterocycles. The Balaban J connectivity index is 2.20. The van der Waals surface area contributed by atoms with Crippen molar-refractivity contribution in [3.63, 3.8) is 0 Å². The van der Waals surface area contributed by atoms with Gasteiger partial charge in [-0.1, -0.05) is 24.3 Å². The summed E-state index contributed by atoms with van der Waals surface area (Å²) >= 11 is 0. The summed E-state index contributed by atoms with van der Waals surface area (Å²) < 4.78 is 5.41. The maximum absolute atomic E-state index is 5.41. The van der Waals surface area contributed by atoms with Gasteiger partial charge in [-0.05, 0) is 12.1 Å². The number of nitrogens with one attached hydrogen (secondary N) is 1. The van der Waals surface area contributed by atoms with Crippen LogP contribution in [0.15, 0.2) is 42.7 Å². The van der Waals surface area contributed by atoms with E-state index in [2.05, 4.69) is 20.3 Å². The molecule has 0 radical (unpaired) electrons. The van der Waals surface area contributed by atoms with Gasteiger partial charge in [-0.25, -0.2) is 15.0 Å². The van der Waals surface area contributed by atoms with Crippen molar-refractivity contribution >= 4 is 16.7 Å². The first-order chi connectivity index (χ1) is 9.83. The van der Waals surface area contributed by atoms with Crippen molar-refractivity contribution < 1.29 is 4.74 Å². The number of benzene rings is 1. The number of aromatic nitrogens is 3. The van der Waals surface area contributed by atoms with Crippen LogP contribution in [0.2, 0.25) is 0 Å². The minimum absolute atomic E-state index is 0.595. The predicted octanol–water partition coefficient (Wildman–Crippen LogP) is 2.74. The molecule has 2 heterocycles. The third-order valence-electron chi connectivity index (χ3n) is 3.09. The molecule has 1 N–H and O–H groups in total. The van der Waals surface area contributed by atoms with Crippen LogP contribution in [0.1, 0.15) is 0 Å². The summed E-state index contributed by atoms with van der Waals surface area (Å²) in [5, 5.41) is 4.09. The number of hydrogen-bond donors (Lipinski definition) is 1. The van der Waals surface area contributed by atoms with Crippen molar-refractivity contribution in [2.75, 3.05) is 19.5 Å². The van der Waals surface area contributed by atoms with Gasteiger partial charge in [0, 0.05) is 12.4 Å². The molecule has 0 bridgehead atoms. The molecular formula is C15H14N4O. The van der Waals surface area contributed by atoms with Crippen LogP contribution < -0.4 is 10.1 Å². The fraction of sp³-hybridized carbons (Fsp3) is 0.133. The molecule has 0 aliphatic carbocycles. The van der Waals surface area contributed by atoms with Crippen molar-refractivity contribution in [1.82, 2.24) is 15.0 Å². The number of para-hydroxylation sites is 1. The lowest BCUT2D eigenvalue weighted by atomic mass is 10.1. The summed E-state index contributed by atoms with van der Waals surface area (Å²) in [4.78, 5) is 13.1. The molecule has 0 saturated carbocycles. The molecule has 5 heteroatoms. The van der Waals surface area contributed by atoms with Gasteiger partial charge >= 0.3 is 0 Å². The predicted molar refractivity (Wildman–Crippen MR) is 78.9 cm³/mol. The zero-order chi connectivity index (χ0) is 13.9. The molecule has 20 heavy (non-hydrogen) atoms. The number of anilines is 1. The number of pyridine rings is 1. The number of nitrogens with zero attached hydrogens (tertiary/aromatic N) is 3. The van der Waals surface area contributed by atoms with Crippen molar-refractivity contribution in [2.24, 2.45) is 0 Å². The highest BCUT2D eigenvalue weighted by atomic mass is 16.5. The second-order valence-corrected chi connectivity index (χ2v) is 4.24. The van der Waals surface area contributed by atoms with Crippen molar-refractivity contribution in [3.8, 4) is 17.1 Å². The van der Waals surface area contributed by atoms with E-state index in [4.69, 9.17) is 4.74 Å². The first-order valence-electron chi connectivity index (χ1n) is 6.26. The highest BCUT2D eigenvalue weighted by Crippen LogP contribution is 2.32. The van der Waals surface area contributed by atoms with Crippen LogP contribution in [0, 0.1) is 0 Å². The van der Waals surface area contributed by atoms with Gasteiger partial charge in [0.05, 0.1) is 18.3 Å². The van der Waals surface area contributed by atoms with E-state index in [9.17, 15) is 0 Å². The zero-order valence-corrected chi connectivity index (χ0v) is 11.3. The Morgan fingerprint density at radius 2 is 1.90 bits per heavy atom. The third kappa shape index (κ3) is 2.03. The second-order valence-electron chi connectivity index (χ2n) is 4.24. The molecule has 100 valence electrons. The summed E-state index contributed by atoms with van der Waals surface area (Å²) in [7, 11) is 3.40. The smallest absolute Gasteiger partial charge is 0.189 e. The van der Waals surface area contributed by atoms with Gasteiger partial charge in [0.1, 0.15) is 12.0 Å². The Kier molecular flexibility index (Phi) is 3.16. The van der Waals surface area contributed by atoms with Gasteiger partial charge in [0.2, 0.25) is 0 Å². The number of fused-ring (bicyclic) bond motifs is 1. The van der Waals surface area contributed by atoms with Crippen LogP contribution in [0.25, 0.3) is 22.3 Å². The third-order valence-corrected chi connectivity index (χ3v) is 3.09. The number of rotatable bonds is 3. The average molecular weight is 266 g/mol.